The van der Waals surface area contributed by atoms with Crippen LogP contribution in [0, 0.1) is 5.92 Å². The van der Waals surface area contributed by atoms with Gasteiger partial charge in [-0.15, -0.1) is 11.8 Å². The molecule has 0 bridgehead atoms. The maximum atomic E-state index is 13.5. The van der Waals surface area contributed by atoms with Crippen LogP contribution in [0.4, 0.5) is 11.4 Å². The van der Waals surface area contributed by atoms with Crippen molar-refractivity contribution in [3.8, 4) is 5.75 Å². The molecule has 0 amide bonds. The van der Waals surface area contributed by atoms with Crippen LogP contribution < -0.4 is 9.64 Å². The first kappa shape index (κ1) is 25.2. The van der Waals surface area contributed by atoms with Crippen LogP contribution in [0.2, 0.25) is 0 Å². The van der Waals surface area contributed by atoms with Crippen LogP contribution in [0.15, 0.2) is 64.6 Å². The van der Waals surface area contributed by atoms with Gasteiger partial charge in [0.1, 0.15) is 5.75 Å². The highest BCUT2D eigenvalue weighted by atomic mass is 32.2. The normalized spacial score (nSPS) is 17.4. The fourth-order valence-electron chi connectivity index (χ4n) is 3.92. The van der Waals surface area contributed by atoms with E-state index in [0.29, 0.717) is 18.0 Å². The number of thioether (sulfide) groups is 1. The van der Waals surface area contributed by atoms with E-state index in [1.165, 1.54) is 24.1 Å². The molecule has 0 fully saturated rings. The Morgan fingerprint density at radius 1 is 1.21 bits per heavy atom. The first-order valence-electron chi connectivity index (χ1n) is 11.2. The minimum absolute atomic E-state index is 0.0216. The molecular formula is C25H31NO5S2. The molecule has 8 heteroatoms. The second kappa shape index (κ2) is 11.6. The Morgan fingerprint density at radius 2 is 1.97 bits per heavy atom. The van der Waals surface area contributed by atoms with Crippen molar-refractivity contribution >= 4 is 38.9 Å². The standard InChI is InChI=1S/C25H31NO5S2/c1-4-6-10-19-17-26(20-11-8-7-9-12-20)21-15-23(32-3)22(16-24(21)33(28,29)18-19)31-14-13-25(27)30-5-2/h7-9,11-16,19H,4-6,10,17-18H2,1-3H3/b14-13+. The summed E-state index contributed by atoms with van der Waals surface area (Å²) in [5.41, 5.74) is 1.62. The minimum atomic E-state index is -3.54. The number of hydrogen-bond acceptors (Lipinski definition) is 7. The van der Waals surface area contributed by atoms with Gasteiger partial charge in [0.2, 0.25) is 0 Å². The van der Waals surface area contributed by atoms with Crippen molar-refractivity contribution in [1.29, 1.82) is 0 Å². The van der Waals surface area contributed by atoms with E-state index in [1.807, 2.05) is 42.7 Å². The maximum Gasteiger partial charge on any atom is 0.333 e. The Hall–Kier alpha value is -2.45. The van der Waals surface area contributed by atoms with Crippen LogP contribution >= 0.6 is 11.8 Å². The Balaban J connectivity index is 2.08. The molecule has 1 unspecified atom stereocenters. The van der Waals surface area contributed by atoms with Crippen LogP contribution in [-0.4, -0.2) is 39.5 Å². The lowest BCUT2D eigenvalue weighted by Crippen LogP contribution is -2.26. The molecule has 33 heavy (non-hydrogen) atoms. The molecule has 0 spiro atoms. The number of para-hydroxylation sites is 1. The molecule has 2 aromatic carbocycles. The van der Waals surface area contributed by atoms with Crippen molar-refractivity contribution in [3.05, 3.63) is 54.8 Å². The molecule has 178 valence electrons. The lowest BCUT2D eigenvalue weighted by molar-refractivity contribution is -0.137. The highest BCUT2D eigenvalue weighted by Gasteiger charge is 2.33. The van der Waals surface area contributed by atoms with Gasteiger partial charge in [-0.3, -0.25) is 0 Å². The van der Waals surface area contributed by atoms with E-state index < -0.39 is 15.8 Å². The number of nitrogens with zero attached hydrogens (tertiary/aromatic N) is 1. The molecule has 0 saturated heterocycles. The average molecular weight is 490 g/mol. The molecule has 3 rings (SSSR count). The average Bonchev–Trinajstić information content (AvgIpc) is 2.91. The minimum Gasteiger partial charge on any atom is -0.464 e. The molecule has 1 aliphatic heterocycles. The second-order valence-corrected chi connectivity index (χ2v) is 10.7. The fraction of sp³-hybridized carbons (Fsp3) is 0.400. The summed E-state index contributed by atoms with van der Waals surface area (Å²) in [6.45, 7) is 4.74. The number of hydrogen-bond donors (Lipinski definition) is 0. The highest BCUT2D eigenvalue weighted by molar-refractivity contribution is 7.98. The molecule has 1 atom stereocenters. The van der Waals surface area contributed by atoms with Gasteiger partial charge >= 0.3 is 5.97 Å². The van der Waals surface area contributed by atoms with E-state index in [2.05, 4.69) is 11.8 Å². The predicted octanol–water partition coefficient (Wildman–Crippen LogP) is 5.60. The van der Waals surface area contributed by atoms with Crippen LogP contribution in [0.25, 0.3) is 0 Å². The number of unbranched alkanes of at least 4 members (excludes halogenated alkanes) is 1. The summed E-state index contributed by atoms with van der Waals surface area (Å²) in [5.74, 6) is -0.00147. The van der Waals surface area contributed by atoms with E-state index in [0.717, 1.165) is 29.8 Å². The van der Waals surface area contributed by atoms with Gasteiger partial charge in [-0.25, -0.2) is 13.2 Å². The maximum absolute atomic E-state index is 13.5. The topological polar surface area (TPSA) is 72.9 Å². The number of esters is 1. The van der Waals surface area contributed by atoms with Gasteiger partial charge in [0.15, 0.2) is 9.84 Å². The summed E-state index contributed by atoms with van der Waals surface area (Å²) in [6.07, 6.45) is 7.20. The lowest BCUT2D eigenvalue weighted by atomic mass is 10.0. The lowest BCUT2D eigenvalue weighted by Gasteiger charge is -2.28. The van der Waals surface area contributed by atoms with Gasteiger partial charge in [0.25, 0.3) is 0 Å². The Morgan fingerprint density at radius 3 is 2.64 bits per heavy atom. The van der Waals surface area contributed by atoms with E-state index in [4.69, 9.17) is 9.47 Å². The van der Waals surface area contributed by atoms with E-state index in [9.17, 15) is 13.2 Å². The van der Waals surface area contributed by atoms with Gasteiger partial charge in [-0.1, -0.05) is 38.0 Å². The molecular weight excluding hydrogens is 458 g/mol. The zero-order valence-corrected chi connectivity index (χ0v) is 21.0. The Labute approximate surface area is 200 Å². The third kappa shape index (κ3) is 6.32. The fourth-order valence-corrected chi connectivity index (χ4v) is 6.31. The third-order valence-corrected chi connectivity index (χ3v) is 8.15. The van der Waals surface area contributed by atoms with E-state index >= 15 is 0 Å². The van der Waals surface area contributed by atoms with Crippen LogP contribution in [0.5, 0.6) is 5.75 Å². The van der Waals surface area contributed by atoms with Crippen molar-refractivity contribution in [1.82, 2.24) is 0 Å². The summed E-state index contributed by atoms with van der Waals surface area (Å²) >= 11 is 1.46. The zero-order chi connectivity index (χ0) is 23.8. The van der Waals surface area contributed by atoms with Crippen LogP contribution in [-0.2, 0) is 19.4 Å². The first-order chi connectivity index (χ1) is 15.9. The number of sulfone groups is 1. The molecule has 0 aliphatic carbocycles. The van der Waals surface area contributed by atoms with Crippen LogP contribution in [0.3, 0.4) is 0 Å². The van der Waals surface area contributed by atoms with Gasteiger partial charge < -0.3 is 14.4 Å². The summed E-state index contributed by atoms with van der Waals surface area (Å²) in [5, 5.41) is 0. The largest absolute Gasteiger partial charge is 0.464 e. The number of fused-ring (bicyclic) bond motifs is 1. The molecule has 0 aromatic heterocycles. The number of benzene rings is 2. The van der Waals surface area contributed by atoms with Gasteiger partial charge in [-0.05, 0) is 43.7 Å². The number of carbonyl (C=O) groups is 1. The molecule has 0 N–H and O–H groups in total. The predicted molar refractivity (Wildman–Crippen MR) is 133 cm³/mol. The molecule has 0 saturated carbocycles. The van der Waals surface area contributed by atoms with Crippen molar-refractivity contribution in [2.24, 2.45) is 5.92 Å². The van der Waals surface area contributed by atoms with Crippen molar-refractivity contribution < 1.29 is 22.7 Å². The third-order valence-electron chi connectivity index (χ3n) is 5.49. The first-order valence-corrected chi connectivity index (χ1v) is 14.0. The molecule has 6 nitrogen and oxygen atoms in total. The van der Waals surface area contributed by atoms with Gasteiger partial charge in [-0.2, -0.15) is 0 Å². The molecule has 1 aliphatic rings. The summed E-state index contributed by atoms with van der Waals surface area (Å²) < 4.78 is 37.5. The van der Waals surface area contributed by atoms with E-state index in [1.54, 1.807) is 13.0 Å². The van der Waals surface area contributed by atoms with Crippen molar-refractivity contribution in [3.63, 3.8) is 0 Å². The van der Waals surface area contributed by atoms with Gasteiger partial charge in [0.05, 0.1) is 40.2 Å². The van der Waals surface area contributed by atoms with E-state index in [-0.39, 0.29) is 23.2 Å². The Kier molecular flexibility index (Phi) is 8.86. The molecule has 0 radical (unpaired) electrons. The monoisotopic (exact) mass is 489 g/mol. The number of ether oxygens (including phenoxy) is 2. The summed E-state index contributed by atoms with van der Waals surface area (Å²) in [6, 6.07) is 13.3. The molecule has 1 heterocycles. The smallest absolute Gasteiger partial charge is 0.333 e. The highest BCUT2D eigenvalue weighted by Crippen LogP contribution is 2.43. The SMILES string of the molecule is CCCCC1CN(c2ccccc2)c2cc(SC)c(O/C=C/C(=O)OCC)cc2S(=O)(=O)C1. The number of rotatable bonds is 9. The summed E-state index contributed by atoms with van der Waals surface area (Å²) in [4.78, 5) is 14.7. The quantitative estimate of drug-likeness (QED) is 0.197. The summed E-state index contributed by atoms with van der Waals surface area (Å²) in [7, 11) is -3.54. The second-order valence-electron chi connectivity index (χ2n) is 7.88. The van der Waals surface area contributed by atoms with Gasteiger partial charge in [0, 0.05) is 18.3 Å². The Bertz CT molecular complexity index is 1080. The zero-order valence-electron chi connectivity index (χ0n) is 19.3. The number of anilines is 2. The van der Waals surface area contributed by atoms with Crippen molar-refractivity contribution in [2.75, 3.05) is 30.1 Å². The number of carbonyl (C=O) groups excluding carboxylic acids is 1. The van der Waals surface area contributed by atoms with Crippen molar-refractivity contribution in [2.45, 2.75) is 42.9 Å². The van der Waals surface area contributed by atoms with Crippen LogP contribution in [0.1, 0.15) is 33.1 Å². The molecule has 2 aromatic rings.